The number of aryl methyl sites for hydroxylation is 1. The summed E-state index contributed by atoms with van der Waals surface area (Å²) in [7, 11) is 0. The van der Waals surface area contributed by atoms with Gasteiger partial charge in [0.25, 0.3) is 5.91 Å². The summed E-state index contributed by atoms with van der Waals surface area (Å²) >= 11 is 3.39. The molecule has 0 radical (unpaired) electrons. The van der Waals surface area contributed by atoms with Crippen molar-refractivity contribution in [2.24, 2.45) is 0 Å². The van der Waals surface area contributed by atoms with Crippen molar-refractivity contribution in [3.63, 3.8) is 0 Å². The van der Waals surface area contributed by atoms with Gasteiger partial charge in [-0.05, 0) is 49.2 Å². The molecule has 0 aliphatic heterocycles. The van der Waals surface area contributed by atoms with Crippen LogP contribution >= 0.6 is 15.9 Å². The molecular formula is C16H14BrNO3. The van der Waals surface area contributed by atoms with Crippen molar-refractivity contribution in [1.82, 2.24) is 0 Å². The molecule has 2 aromatic rings. The Balaban J connectivity index is 2.29. The summed E-state index contributed by atoms with van der Waals surface area (Å²) in [5.74, 6) is -1.29. The van der Waals surface area contributed by atoms with Crippen LogP contribution in [0.5, 0.6) is 0 Å². The Hall–Kier alpha value is -2.14. The third-order valence-electron chi connectivity index (χ3n) is 3.25. The van der Waals surface area contributed by atoms with E-state index >= 15 is 0 Å². The average Bonchev–Trinajstić information content (AvgIpc) is 2.43. The molecular weight excluding hydrogens is 334 g/mol. The summed E-state index contributed by atoms with van der Waals surface area (Å²) in [5.41, 5.74) is 2.75. The number of hydrogen-bond donors (Lipinski definition) is 2. The molecule has 0 aliphatic carbocycles. The highest BCUT2D eigenvalue weighted by atomic mass is 79.9. The molecule has 2 rings (SSSR count). The molecule has 0 fully saturated rings. The van der Waals surface area contributed by atoms with Crippen molar-refractivity contribution in [2.45, 2.75) is 13.8 Å². The topological polar surface area (TPSA) is 66.4 Å². The summed E-state index contributed by atoms with van der Waals surface area (Å²) < 4.78 is 0.853. The predicted octanol–water partition coefficient (Wildman–Crippen LogP) is 4.02. The van der Waals surface area contributed by atoms with E-state index in [0.29, 0.717) is 16.8 Å². The number of benzene rings is 2. The molecule has 2 N–H and O–H groups in total. The van der Waals surface area contributed by atoms with Gasteiger partial charge in [-0.1, -0.05) is 28.1 Å². The number of carboxylic acids is 1. The Morgan fingerprint density at radius 2 is 1.86 bits per heavy atom. The van der Waals surface area contributed by atoms with Crippen molar-refractivity contribution in [3.05, 3.63) is 63.1 Å². The highest BCUT2D eigenvalue weighted by Crippen LogP contribution is 2.21. The molecule has 0 atom stereocenters. The lowest BCUT2D eigenvalue weighted by Crippen LogP contribution is -2.14. The average molecular weight is 348 g/mol. The minimum atomic E-state index is -1.01. The second-order valence-corrected chi connectivity index (χ2v) is 5.56. The van der Waals surface area contributed by atoms with E-state index in [9.17, 15) is 9.59 Å². The normalized spacial score (nSPS) is 10.2. The molecule has 0 unspecified atom stereocenters. The molecule has 1 amide bonds. The lowest BCUT2D eigenvalue weighted by molar-refractivity contribution is 0.0695. The van der Waals surface area contributed by atoms with Gasteiger partial charge in [-0.15, -0.1) is 0 Å². The Bertz CT molecular complexity index is 725. The monoisotopic (exact) mass is 347 g/mol. The number of carbonyl (C=O) groups is 2. The minimum Gasteiger partial charge on any atom is -0.478 e. The summed E-state index contributed by atoms with van der Waals surface area (Å²) in [6, 6.07) is 10.1. The fourth-order valence-electron chi connectivity index (χ4n) is 1.93. The van der Waals surface area contributed by atoms with Crippen molar-refractivity contribution in [3.8, 4) is 0 Å². The Morgan fingerprint density at radius 3 is 2.48 bits per heavy atom. The number of nitrogens with one attached hydrogen (secondary N) is 1. The molecule has 21 heavy (non-hydrogen) atoms. The highest BCUT2D eigenvalue weighted by Gasteiger charge is 2.13. The standard InChI is InChI=1S/C16H14BrNO3/c1-9-6-7-11(8-13(9)17)15(19)18-14-5-3-4-12(10(14)2)16(20)21/h3-8H,1-2H3,(H,18,19)(H,20,21). The van der Waals surface area contributed by atoms with Gasteiger partial charge >= 0.3 is 5.97 Å². The van der Waals surface area contributed by atoms with Crippen molar-refractivity contribution >= 4 is 33.5 Å². The number of rotatable bonds is 3. The van der Waals surface area contributed by atoms with E-state index in [1.165, 1.54) is 6.07 Å². The molecule has 5 heteroatoms. The zero-order chi connectivity index (χ0) is 15.6. The molecule has 0 saturated heterocycles. The van der Waals surface area contributed by atoms with Crippen LogP contribution in [0.25, 0.3) is 0 Å². The lowest BCUT2D eigenvalue weighted by atomic mass is 10.1. The molecule has 4 nitrogen and oxygen atoms in total. The van der Waals surface area contributed by atoms with Crippen LogP contribution in [0.4, 0.5) is 5.69 Å². The smallest absolute Gasteiger partial charge is 0.336 e. The quantitative estimate of drug-likeness (QED) is 0.881. The van der Waals surface area contributed by atoms with E-state index < -0.39 is 5.97 Å². The maximum absolute atomic E-state index is 12.2. The molecule has 108 valence electrons. The zero-order valence-electron chi connectivity index (χ0n) is 11.6. The van der Waals surface area contributed by atoms with Crippen molar-refractivity contribution < 1.29 is 14.7 Å². The van der Waals surface area contributed by atoms with Crippen LogP contribution in [0.15, 0.2) is 40.9 Å². The van der Waals surface area contributed by atoms with Gasteiger partial charge in [0.2, 0.25) is 0 Å². The second kappa shape index (κ2) is 6.10. The van der Waals surface area contributed by atoms with Gasteiger partial charge in [0.1, 0.15) is 0 Å². The first kappa shape index (κ1) is 15.3. The van der Waals surface area contributed by atoms with Crippen molar-refractivity contribution in [2.75, 3.05) is 5.32 Å². The van der Waals surface area contributed by atoms with E-state index in [1.807, 2.05) is 13.0 Å². The molecule has 0 aliphatic rings. The van der Waals surface area contributed by atoms with E-state index in [4.69, 9.17) is 5.11 Å². The molecule has 0 heterocycles. The van der Waals surface area contributed by atoms with Gasteiger partial charge < -0.3 is 10.4 Å². The van der Waals surface area contributed by atoms with Crippen LogP contribution in [0.2, 0.25) is 0 Å². The van der Waals surface area contributed by atoms with Crippen LogP contribution in [0.3, 0.4) is 0 Å². The van der Waals surface area contributed by atoms with E-state index in [1.54, 1.807) is 31.2 Å². The van der Waals surface area contributed by atoms with E-state index in [-0.39, 0.29) is 11.5 Å². The maximum atomic E-state index is 12.2. The van der Waals surface area contributed by atoms with Gasteiger partial charge in [0, 0.05) is 15.7 Å². The van der Waals surface area contributed by atoms with Crippen LogP contribution in [-0.4, -0.2) is 17.0 Å². The van der Waals surface area contributed by atoms with Crippen LogP contribution in [0.1, 0.15) is 31.8 Å². The first-order valence-electron chi connectivity index (χ1n) is 6.30. The van der Waals surface area contributed by atoms with Crippen LogP contribution in [-0.2, 0) is 0 Å². The lowest BCUT2D eigenvalue weighted by Gasteiger charge is -2.11. The van der Waals surface area contributed by atoms with E-state index in [0.717, 1.165) is 10.0 Å². The molecule has 0 saturated carbocycles. The maximum Gasteiger partial charge on any atom is 0.336 e. The highest BCUT2D eigenvalue weighted by molar-refractivity contribution is 9.10. The molecule has 0 spiro atoms. The Kier molecular flexibility index (Phi) is 4.43. The van der Waals surface area contributed by atoms with Crippen LogP contribution in [0, 0.1) is 13.8 Å². The molecule has 2 aromatic carbocycles. The molecule has 0 aromatic heterocycles. The fourth-order valence-corrected chi connectivity index (χ4v) is 2.31. The number of aromatic carboxylic acids is 1. The van der Waals surface area contributed by atoms with Gasteiger partial charge in [0.15, 0.2) is 0 Å². The largest absolute Gasteiger partial charge is 0.478 e. The van der Waals surface area contributed by atoms with Gasteiger partial charge in [-0.25, -0.2) is 4.79 Å². The van der Waals surface area contributed by atoms with Gasteiger partial charge in [-0.2, -0.15) is 0 Å². The predicted molar refractivity (Wildman–Crippen MR) is 85.0 cm³/mol. The number of carboxylic acid groups (broad SMARTS) is 1. The first-order valence-corrected chi connectivity index (χ1v) is 7.10. The molecule has 0 bridgehead atoms. The van der Waals surface area contributed by atoms with Crippen LogP contribution < -0.4 is 5.32 Å². The number of hydrogen-bond acceptors (Lipinski definition) is 2. The third kappa shape index (κ3) is 3.31. The summed E-state index contributed by atoms with van der Waals surface area (Å²) in [5, 5.41) is 11.8. The number of carbonyl (C=O) groups excluding carboxylic acids is 1. The Morgan fingerprint density at radius 1 is 1.14 bits per heavy atom. The minimum absolute atomic E-state index is 0.179. The number of halogens is 1. The fraction of sp³-hybridized carbons (Fsp3) is 0.125. The summed E-state index contributed by atoms with van der Waals surface area (Å²) in [6.07, 6.45) is 0. The third-order valence-corrected chi connectivity index (χ3v) is 4.10. The first-order chi connectivity index (χ1) is 9.90. The van der Waals surface area contributed by atoms with Gasteiger partial charge in [0.05, 0.1) is 5.56 Å². The zero-order valence-corrected chi connectivity index (χ0v) is 13.2. The number of anilines is 1. The number of amides is 1. The summed E-state index contributed by atoms with van der Waals surface area (Å²) in [6.45, 7) is 3.61. The summed E-state index contributed by atoms with van der Waals surface area (Å²) in [4.78, 5) is 23.3. The van der Waals surface area contributed by atoms with Crippen molar-refractivity contribution in [1.29, 1.82) is 0 Å². The Labute approximate surface area is 130 Å². The second-order valence-electron chi connectivity index (χ2n) is 4.70. The van der Waals surface area contributed by atoms with E-state index in [2.05, 4.69) is 21.2 Å². The SMILES string of the molecule is Cc1ccc(C(=O)Nc2cccc(C(=O)O)c2C)cc1Br. The van der Waals surface area contributed by atoms with Gasteiger partial charge in [-0.3, -0.25) is 4.79 Å².